The lowest BCUT2D eigenvalue weighted by atomic mass is 9.99. The van der Waals surface area contributed by atoms with Crippen LogP contribution in [0, 0.1) is 11.7 Å². The Balaban J connectivity index is 1.65. The number of hydrogen-bond donors (Lipinski definition) is 1. The first-order chi connectivity index (χ1) is 11.3. The molecular formula is C18H19FN2O2. The van der Waals surface area contributed by atoms with Gasteiger partial charge in [0.15, 0.2) is 0 Å². The first kappa shape index (κ1) is 15.6. The van der Waals surface area contributed by atoms with Gasteiger partial charge in [-0.15, -0.1) is 0 Å². The topological polar surface area (TPSA) is 51.2 Å². The molecule has 1 aliphatic rings. The molecule has 1 aromatic carbocycles. The Hall–Kier alpha value is -2.27. The Kier molecular flexibility index (Phi) is 4.98. The van der Waals surface area contributed by atoms with E-state index in [1.54, 1.807) is 30.5 Å². The molecule has 0 unspecified atom stereocenters. The van der Waals surface area contributed by atoms with Gasteiger partial charge in [-0.2, -0.15) is 0 Å². The van der Waals surface area contributed by atoms with E-state index in [0.29, 0.717) is 41.4 Å². The molecule has 0 saturated carbocycles. The van der Waals surface area contributed by atoms with E-state index in [0.717, 1.165) is 25.9 Å². The maximum absolute atomic E-state index is 14.0. The number of aldehydes is 1. The van der Waals surface area contributed by atoms with Crippen LogP contribution in [0.1, 0.15) is 23.2 Å². The van der Waals surface area contributed by atoms with Gasteiger partial charge in [0.25, 0.3) is 0 Å². The number of carbonyl (C=O) groups is 1. The average molecular weight is 314 g/mol. The predicted octanol–water partition coefficient (Wildman–Crippen LogP) is 3.08. The van der Waals surface area contributed by atoms with Gasteiger partial charge < -0.3 is 10.1 Å². The third kappa shape index (κ3) is 3.93. The fourth-order valence-electron chi connectivity index (χ4n) is 2.70. The first-order valence-electron chi connectivity index (χ1n) is 7.81. The van der Waals surface area contributed by atoms with Gasteiger partial charge in [0, 0.05) is 11.1 Å². The normalized spacial score (nSPS) is 15.3. The number of hydrogen-bond acceptors (Lipinski definition) is 4. The summed E-state index contributed by atoms with van der Waals surface area (Å²) in [5.41, 5.74) is 1.21. The van der Waals surface area contributed by atoms with Crippen LogP contribution in [0.3, 0.4) is 0 Å². The van der Waals surface area contributed by atoms with E-state index in [9.17, 15) is 9.18 Å². The van der Waals surface area contributed by atoms with Crippen molar-refractivity contribution in [2.45, 2.75) is 12.8 Å². The van der Waals surface area contributed by atoms with Gasteiger partial charge in [-0.25, -0.2) is 4.39 Å². The molecule has 0 bridgehead atoms. The molecule has 1 fully saturated rings. The predicted molar refractivity (Wildman–Crippen MR) is 86.1 cm³/mol. The highest BCUT2D eigenvalue weighted by atomic mass is 19.1. The minimum absolute atomic E-state index is 0.313. The number of nitrogens with one attached hydrogen (secondary N) is 1. The highest BCUT2D eigenvalue weighted by Crippen LogP contribution is 2.23. The SMILES string of the molecule is O=Cc1ccc(-c2ccc(OCC3CCNCC3)cn2)c(F)c1. The fourth-order valence-corrected chi connectivity index (χ4v) is 2.70. The molecular weight excluding hydrogens is 295 g/mol. The van der Waals surface area contributed by atoms with Crippen molar-refractivity contribution >= 4 is 6.29 Å². The van der Waals surface area contributed by atoms with Crippen molar-refractivity contribution in [1.82, 2.24) is 10.3 Å². The van der Waals surface area contributed by atoms with Crippen LogP contribution in [-0.2, 0) is 0 Å². The van der Waals surface area contributed by atoms with Crippen LogP contribution >= 0.6 is 0 Å². The molecule has 1 N–H and O–H groups in total. The van der Waals surface area contributed by atoms with Crippen LogP contribution in [0.4, 0.5) is 4.39 Å². The molecule has 1 aliphatic heterocycles. The lowest BCUT2D eigenvalue weighted by molar-refractivity contribution is 0.112. The van der Waals surface area contributed by atoms with Gasteiger partial charge in [0.2, 0.25) is 0 Å². The van der Waals surface area contributed by atoms with Crippen molar-refractivity contribution in [3.8, 4) is 17.0 Å². The molecule has 120 valence electrons. The minimum Gasteiger partial charge on any atom is -0.492 e. The summed E-state index contributed by atoms with van der Waals surface area (Å²) in [6.45, 7) is 2.77. The number of carbonyl (C=O) groups excluding carboxylic acids is 1. The summed E-state index contributed by atoms with van der Waals surface area (Å²) in [5, 5.41) is 3.33. The Morgan fingerprint density at radius 1 is 1.26 bits per heavy atom. The van der Waals surface area contributed by atoms with Crippen molar-refractivity contribution in [2.24, 2.45) is 5.92 Å². The van der Waals surface area contributed by atoms with Crippen molar-refractivity contribution < 1.29 is 13.9 Å². The maximum atomic E-state index is 14.0. The molecule has 0 atom stereocenters. The fraction of sp³-hybridized carbons (Fsp3) is 0.333. The summed E-state index contributed by atoms with van der Waals surface area (Å²) >= 11 is 0. The Morgan fingerprint density at radius 2 is 2.09 bits per heavy atom. The summed E-state index contributed by atoms with van der Waals surface area (Å²) in [6, 6.07) is 7.89. The van der Waals surface area contributed by atoms with E-state index in [-0.39, 0.29) is 0 Å². The van der Waals surface area contributed by atoms with E-state index in [1.165, 1.54) is 6.07 Å². The highest BCUT2D eigenvalue weighted by molar-refractivity contribution is 5.76. The summed E-state index contributed by atoms with van der Waals surface area (Å²) in [6.07, 6.45) is 4.49. The van der Waals surface area contributed by atoms with Crippen LogP contribution in [0.2, 0.25) is 0 Å². The van der Waals surface area contributed by atoms with Gasteiger partial charge in [-0.1, -0.05) is 6.07 Å². The Bertz CT molecular complexity index is 667. The zero-order valence-electron chi connectivity index (χ0n) is 12.8. The Labute approximate surface area is 134 Å². The number of rotatable bonds is 5. The molecule has 4 nitrogen and oxygen atoms in total. The molecule has 0 spiro atoms. The smallest absolute Gasteiger partial charge is 0.150 e. The second-order valence-electron chi connectivity index (χ2n) is 5.74. The van der Waals surface area contributed by atoms with E-state index in [2.05, 4.69) is 10.3 Å². The van der Waals surface area contributed by atoms with Crippen LogP contribution < -0.4 is 10.1 Å². The molecule has 0 amide bonds. The second-order valence-corrected chi connectivity index (χ2v) is 5.74. The number of benzene rings is 1. The second kappa shape index (κ2) is 7.33. The summed E-state index contributed by atoms with van der Waals surface area (Å²) < 4.78 is 19.8. The van der Waals surface area contributed by atoms with Crippen LogP contribution in [0.5, 0.6) is 5.75 Å². The lowest BCUT2D eigenvalue weighted by Gasteiger charge is -2.22. The van der Waals surface area contributed by atoms with Crippen molar-refractivity contribution in [3.05, 3.63) is 47.9 Å². The van der Waals surface area contributed by atoms with E-state index >= 15 is 0 Å². The number of ether oxygens (including phenoxy) is 1. The van der Waals surface area contributed by atoms with Crippen molar-refractivity contribution in [1.29, 1.82) is 0 Å². The van der Waals surface area contributed by atoms with Crippen LogP contribution in [0.25, 0.3) is 11.3 Å². The van der Waals surface area contributed by atoms with Gasteiger partial charge in [0.05, 0.1) is 18.5 Å². The number of piperidine rings is 1. The maximum Gasteiger partial charge on any atom is 0.150 e. The monoisotopic (exact) mass is 314 g/mol. The molecule has 2 heterocycles. The first-order valence-corrected chi connectivity index (χ1v) is 7.81. The molecule has 1 aromatic heterocycles. The lowest BCUT2D eigenvalue weighted by Crippen LogP contribution is -2.30. The van der Waals surface area contributed by atoms with E-state index in [4.69, 9.17) is 4.74 Å². The molecule has 5 heteroatoms. The molecule has 0 aliphatic carbocycles. The molecule has 0 radical (unpaired) electrons. The van der Waals surface area contributed by atoms with E-state index < -0.39 is 5.82 Å². The third-order valence-corrected chi connectivity index (χ3v) is 4.09. The highest BCUT2D eigenvalue weighted by Gasteiger charge is 2.14. The molecule has 2 aromatic rings. The third-order valence-electron chi connectivity index (χ3n) is 4.09. The quantitative estimate of drug-likeness (QED) is 0.862. The molecule has 3 rings (SSSR count). The van der Waals surface area contributed by atoms with E-state index in [1.807, 2.05) is 0 Å². The van der Waals surface area contributed by atoms with Gasteiger partial charge in [0.1, 0.15) is 17.9 Å². The van der Waals surface area contributed by atoms with Crippen molar-refractivity contribution in [2.75, 3.05) is 19.7 Å². The number of aromatic nitrogens is 1. The standard InChI is InChI=1S/C18H19FN2O2/c19-17-9-14(11-22)1-3-16(17)18-4-2-15(10-21-18)23-12-13-5-7-20-8-6-13/h1-4,9-11,13,20H,5-8,12H2. The molecule has 23 heavy (non-hydrogen) atoms. The number of nitrogens with zero attached hydrogens (tertiary/aromatic N) is 1. The van der Waals surface area contributed by atoms with Gasteiger partial charge >= 0.3 is 0 Å². The zero-order chi connectivity index (χ0) is 16.1. The average Bonchev–Trinajstić information content (AvgIpc) is 2.61. The van der Waals surface area contributed by atoms with Crippen LogP contribution in [0.15, 0.2) is 36.5 Å². The van der Waals surface area contributed by atoms with Gasteiger partial charge in [-0.3, -0.25) is 9.78 Å². The minimum atomic E-state index is -0.453. The summed E-state index contributed by atoms with van der Waals surface area (Å²) in [4.78, 5) is 14.9. The molecule has 1 saturated heterocycles. The largest absolute Gasteiger partial charge is 0.492 e. The van der Waals surface area contributed by atoms with Crippen LogP contribution in [-0.4, -0.2) is 31.0 Å². The van der Waals surface area contributed by atoms with Crippen molar-refractivity contribution in [3.63, 3.8) is 0 Å². The summed E-state index contributed by atoms with van der Waals surface area (Å²) in [7, 11) is 0. The number of halogens is 1. The van der Waals surface area contributed by atoms with Gasteiger partial charge in [-0.05, 0) is 56.1 Å². The summed E-state index contributed by atoms with van der Waals surface area (Å²) in [5.74, 6) is 0.812. The number of pyridine rings is 1. The zero-order valence-corrected chi connectivity index (χ0v) is 12.8. The Morgan fingerprint density at radius 3 is 2.74 bits per heavy atom.